The second-order valence-electron chi connectivity index (χ2n) is 2.26. The summed E-state index contributed by atoms with van der Waals surface area (Å²) < 4.78 is 4.47. The van der Waals surface area contributed by atoms with Crippen molar-refractivity contribution >= 4 is 6.09 Å². The van der Waals surface area contributed by atoms with Crippen LogP contribution in [0.1, 0.15) is 19.3 Å². The van der Waals surface area contributed by atoms with E-state index in [-0.39, 0.29) is 0 Å². The molecular formula is C6H15N3O2. The average molecular weight is 161 g/mol. The first-order valence-electron chi connectivity index (χ1n) is 3.58. The average Bonchev–Trinajstić information content (AvgIpc) is 1.86. The Bertz CT molecular complexity index is 118. The molecule has 1 amide bonds. The maximum Gasteiger partial charge on any atom is 0.406 e. The van der Waals surface area contributed by atoms with E-state index in [0.717, 1.165) is 12.8 Å². The van der Waals surface area contributed by atoms with Gasteiger partial charge in [-0.1, -0.05) is 0 Å². The van der Waals surface area contributed by atoms with Gasteiger partial charge in [0.2, 0.25) is 0 Å². The van der Waals surface area contributed by atoms with Gasteiger partial charge >= 0.3 is 6.09 Å². The molecule has 1 unspecified atom stereocenters. The fourth-order valence-corrected chi connectivity index (χ4v) is 0.698. The Morgan fingerprint density at radius 1 is 1.45 bits per heavy atom. The highest BCUT2D eigenvalue weighted by Gasteiger charge is 2.04. The quantitative estimate of drug-likeness (QED) is 0.373. The van der Waals surface area contributed by atoms with Crippen LogP contribution in [-0.2, 0) is 4.74 Å². The number of nitrogens with two attached hydrogens (primary N) is 3. The largest absolute Gasteiger partial charge is 0.431 e. The second kappa shape index (κ2) is 5.94. The third-order valence-corrected chi connectivity index (χ3v) is 1.21. The minimum absolute atomic E-state index is 0.584. The van der Waals surface area contributed by atoms with Crippen LogP contribution in [0.3, 0.4) is 0 Å². The van der Waals surface area contributed by atoms with Gasteiger partial charge in [0, 0.05) is 0 Å². The Kier molecular flexibility index (Phi) is 5.50. The number of amides is 1. The second-order valence-corrected chi connectivity index (χ2v) is 2.26. The molecule has 0 aliphatic heterocycles. The van der Waals surface area contributed by atoms with Gasteiger partial charge in [-0.15, -0.1) is 0 Å². The van der Waals surface area contributed by atoms with Gasteiger partial charge in [-0.3, -0.25) is 5.73 Å². The number of carbonyl (C=O) groups is 1. The molecule has 0 spiro atoms. The molecule has 0 heterocycles. The van der Waals surface area contributed by atoms with Crippen LogP contribution in [0.15, 0.2) is 0 Å². The van der Waals surface area contributed by atoms with E-state index < -0.39 is 12.3 Å². The third kappa shape index (κ3) is 7.08. The van der Waals surface area contributed by atoms with Gasteiger partial charge in [0.15, 0.2) is 6.23 Å². The lowest BCUT2D eigenvalue weighted by Gasteiger charge is -2.09. The van der Waals surface area contributed by atoms with E-state index >= 15 is 0 Å². The summed E-state index contributed by atoms with van der Waals surface area (Å²) in [6, 6.07) is 0. The van der Waals surface area contributed by atoms with Crippen molar-refractivity contribution in [2.75, 3.05) is 6.54 Å². The van der Waals surface area contributed by atoms with Gasteiger partial charge in [0.05, 0.1) is 0 Å². The molecule has 0 aromatic heterocycles. The lowest BCUT2D eigenvalue weighted by atomic mass is 10.2. The number of unbranched alkanes of at least 4 members (excludes halogenated alkanes) is 1. The monoisotopic (exact) mass is 161 g/mol. The Morgan fingerprint density at radius 2 is 2.09 bits per heavy atom. The summed E-state index contributed by atoms with van der Waals surface area (Å²) in [6.45, 7) is 0.628. The smallest absolute Gasteiger partial charge is 0.406 e. The summed E-state index contributed by atoms with van der Waals surface area (Å²) >= 11 is 0. The fourth-order valence-electron chi connectivity index (χ4n) is 0.698. The van der Waals surface area contributed by atoms with Crippen molar-refractivity contribution in [3.05, 3.63) is 0 Å². The van der Waals surface area contributed by atoms with Crippen LogP contribution in [0.2, 0.25) is 0 Å². The van der Waals surface area contributed by atoms with Gasteiger partial charge in [0.25, 0.3) is 0 Å². The van der Waals surface area contributed by atoms with E-state index in [4.69, 9.17) is 17.2 Å². The SMILES string of the molecule is NCCCCC(N)OC(N)=O. The number of hydrogen-bond donors (Lipinski definition) is 3. The first-order chi connectivity index (χ1) is 5.16. The van der Waals surface area contributed by atoms with Crippen LogP contribution in [0.25, 0.3) is 0 Å². The van der Waals surface area contributed by atoms with Crippen molar-refractivity contribution in [1.82, 2.24) is 0 Å². The molecule has 0 bridgehead atoms. The topological polar surface area (TPSA) is 104 Å². The normalized spacial score (nSPS) is 12.5. The number of ether oxygens (including phenoxy) is 1. The lowest BCUT2D eigenvalue weighted by Crippen LogP contribution is -2.29. The molecule has 0 aliphatic carbocycles. The molecule has 5 nitrogen and oxygen atoms in total. The molecule has 0 aliphatic rings. The standard InChI is InChI=1S/C6H15N3O2/c7-4-2-1-3-5(8)11-6(9)10/h5H,1-4,7-8H2,(H2,9,10). The maximum absolute atomic E-state index is 10.1. The highest BCUT2D eigenvalue weighted by Crippen LogP contribution is 1.98. The van der Waals surface area contributed by atoms with Gasteiger partial charge < -0.3 is 16.2 Å². The van der Waals surface area contributed by atoms with Crippen LogP contribution in [0, 0.1) is 0 Å². The third-order valence-electron chi connectivity index (χ3n) is 1.21. The van der Waals surface area contributed by atoms with E-state index in [1.807, 2.05) is 0 Å². The zero-order valence-electron chi connectivity index (χ0n) is 6.45. The summed E-state index contributed by atoms with van der Waals surface area (Å²) in [5.74, 6) is 0. The molecule has 66 valence electrons. The maximum atomic E-state index is 10.1. The molecule has 0 saturated heterocycles. The molecule has 0 rings (SSSR count). The van der Waals surface area contributed by atoms with E-state index in [2.05, 4.69) is 4.74 Å². The fraction of sp³-hybridized carbons (Fsp3) is 0.833. The summed E-state index contributed by atoms with van der Waals surface area (Å²) in [6.07, 6.45) is 0.935. The molecule has 0 radical (unpaired) electrons. The molecule has 0 fully saturated rings. The Balaban J connectivity index is 3.22. The predicted octanol–water partition coefficient (Wildman–Crippen LogP) is -0.504. The molecule has 11 heavy (non-hydrogen) atoms. The van der Waals surface area contributed by atoms with E-state index in [9.17, 15) is 4.79 Å². The van der Waals surface area contributed by atoms with Crippen molar-refractivity contribution in [2.45, 2.75) is 25.5 Å². The number of carbonyl (C=O) groups excluding carboxylic acids is 1. The summed E-state index contributed by atoms with van der Waals surface area (Å²) in [5, 5.41) is 0. The van der Waals surface area contributed by atoms with Gasteiger partial charge in [-0.25, -0.2) is 4.79 Å². The molecular weight excluding hydrogens is 146 g/mol. The van der Waals surface area contributed by atoms with Crippen molar-refractivity contribution in [3.63, 3.8) is 0 Å². The number of primary amides is 1. The van der Waals surface area contributed by atoms with Crippen LogP contribution in [-0.4, -0.2) is 18.9 Å². The van der Waals surface area contributed by atoms with Crippen molar-refractivity contribution < 1.29 is 9.53 Å². The number of hydrogen-bond acceptors (Lipinski definition) is 4. The molecule has 0 aromatic carbocycles. The highest BCUT2D eigenvalue weighted by molar-refractivity contribution is 5.64. The first kappa shape index (κ1) is 10.2. The molecule has 5 heteroatoms. The Hall–Kier alpha value is -0.810. The lowest BCUT2D eigenvalue weighted by molar-refractivity contribution is 0.103. The van der Waals surface area contributed by atoms with Crippen LogP contribution >= 0.6 is 0 Å². The summed E-state index contributed by atoms with van der Waals surface area (Å²) in [7, 11) is 0. The van der Waals surface area contributed by atoms with Crippen LogP contribution in [0.4, 0.5) is 4.79 Å². The summed E-state index contributed by atoms with van der Waals surface area (Å²) in [4.78, 5) is 10.1. The van der Waals surface area contributed by atoms with E-state index in [1.165, 1.54) is 0 Å². The molecule has 6 N–H and O–H groups in total. The van der Waals surface area contributed by atoms with E-state index in [0.29, 0.717) is 13.0 Å². The van der Waals surface area contributed by atoms with Gasteiger partial charge in [0.1, 0.15) is 0 Å². The molecule has 0 aromatic rings. The highest BCUT2D eigenvalue weighted by atomic mass is 16.6. The van der Waals surface area contributed by atoms with Gasteiger partial charge in [-0.05, 0) is 25.8 Å². The van der Waals surface area contributed by atoms with Crippen molar-refractivity contribution in [3.8, 4) is 0 Å². The number of rotatable bonds is 5. The minimum atomic E-state index is -0.828. The Labute approximate surface area is 65.9 Å². The van der Waals surface area contributed by atoms with Crippen LogP contribution in [0.5, 0.6) is 0 Å². The van der Waals surface area contributed by atoms with Gasteiger partial charge in [-0.2, -0.15) is 0 Å². The van der Waals surface area contributed by atoms with Crippen LogP contribution < -0.4 is 17.2 Å². The van der Waals surface area contributed by atoms with Crippen molar-refractivity contribution in [2.24, 2.45) is 17.2 Å². The zero-order chi connectivity index (χ0) is 8.69. The summed E-state index contributed by atoms with van der Waals surface area (Å²) in [5.41, 5.74) is 15.3. The molecule has 0 saturated carbocycles. The Morgan fingerprint density at radius 3 is 2.55 bits per heavy atom. The predicted molar refractivity (Wildman–Crippen MR) is 41.5 cm³/mol. The van der Waals surface area contributed by atoms with Crippen molar-refractivity contribution in [1.29, 1.82) is 0 Å². The van der Waals surface area contributed by atoms with E-state index in [1.54, 1.807) is 0 Å². The molecule has 1 atom stereocenters. The first-order valence-corrected chi connectivity index (χ1v) is 3.58. The minimum Gasteiger partial charge on any atom is -0.431 e. The zero-order valence-corrected chi connectivity index (χ0v) is 6.45.